The molecule has 0 aliphatic rings. The number of aromatic nitrogens is 3. The molecule has 0 saturated carbocycles. The van der Waals surface area contributed by atoms with E-state index in [4.69, 9.17) is 0 Å². The number of pyridine rings is 1. The van der Waals surface area contributed by atoms with E-state index in [1.165, 1.54) is 11.1 Å². The van der Waals surface area contributed by atoms with E-state index in [0.717, 1.165) is 27.9 Å². The molecule has 2 aromatic heterocycles. The van der Waals surface area contributed by atoms with Crippen molar-refractivity contribution in [1.29, 1.82) is 0 Å². The van der Waals surface area contributed by atoms with Crippen LogP contribution in [0.15, 0.2) is 104 Å². The van der Waals surface area contributed by atoms with Crippen molar-refractivity contribution in [3.05, 3.63) is 127 Å². The summed E-state index contributed by atoms with van der Waals surface area (Å²) in [5.41, 5.74) is 7.71. The van der Waals surface area contributed by atoms with Crippen LogP contribution in [0.3, 0.4) is 0 Å². The van der Waals surface area contributed by atoms with Crippen molar-refractivity contribution >= 4 is 0 Å². The number of nitrogens with zero attached hydrogens (tertiary/aromatic N) is 3. The Hall–Kier alpha value is -3.46. The smallest absolute Gasteiger partial charge is 0.0748 e. The Kier molecular flexibility index (Phi) is 8.77. The minimum atomic E-state index is 0. The van der Waals surface area contributed by atoms with E-state index in [9.17, 15) is 0 Å². The maximum Gasteiger partial charge on any atom is 0.0748 e. The first kappa shape index (κ1) is 24.2. The first-order valence-electron chi connectivity index (χ1n) is 10.5. The fraction of sp³-hybridized carbons (Fsp3) is 0.0690. The Morgan fingerprint density at radius 3 is 2.12 bits per heavy atom. The van der Waals surface area contributed by atoms with Gasteiger partial charge in [-0.15, -0.1) is 70.3 Å². The molecule has 1 radical (unpaired) electrons. The van der Waals surface area contributed by atoms with E-state index in [1.807, 2.05) is 67.7 Å². The summed E-state index contributed by atoms with van der Waals surface area (Å²) >= 11 is 0. The normalized spacial score (nSPS) is 9.88. The summed E-state index contributed by atoms with van der Waals surface area (Å²) in [7, 11) is 0. The van der Waals surface area contributed by atoms with Crippen molar-refractivity contribution in [1.82, 2.24) is 15.0 Å². The summed E-state index contributed by atoms with van der Waals surface area (Å²) in [5, 5.41) is 0. The maximum atomic E-state index is 4.32. The number of aryl methyl sites for hydroxylation is 2. The summed E-state index contributed by atoms with van der Waals surface area (Å²) in [5.74, 6) is 0.704. The molecule has 0 amide bonds. The molecule has 0 fully saturated rings. The minimum Gasteiger partial charge on any atom is -0.305 e. The number of hydrogen-bond acceptors (Lipinski definition) is 3. The summed E-state index contributed by atoms with van der Waals surface area (Å²) in [6, 6.07) is 34.7. The van der Waals surface area contributed by atoms with Gasteiger partial charge in [0.05, 0.1) is 5.82 Å². The average Bonchev–Trinajstić information content (AvgIpc) is 2.88. The average molecular weight is 606 g/mol. The molecule has 4 heteroatoms. The number of benzene rings is 3. The van der Waals surface area contributed by atoms with Gasteiger partial charge in [-0.25, -0.2) is 0 Å². The van der Waals surface area contributed by atoms with Gasteiger partial charge < -0.3 is 4.98 Å². The van der Waals surface area contributed by atoms with Gasteiger partial charge in [-0.05, 0) is 23.4 Å². The van der Waals surface area contributed by atoms with Crippen LogP contribution in [0, 0.1) is 26.0 Å². The van der Waals surface area contributed by atoms with Crippen LogP contribution in [0.1, 0.15) is 11.1 Å². The second kappa shape index (κ2) is 12.0. The summed E-state index contributed by atoms with van der Waals surface area (Å²) < 4.78 is 0. The molecule has 5 aromatic rings. The molecule has 33 heavy (non-hydrogen) atoms. The van der Waals surface area contributed by atoms with E-state index in [1.54, 1.807) is 12.4 Å². The first-order chi connectivity index (χ1) is 15.7. The Bertz CT molecular complexity index is 1220. The van der Waals surface area contributed by atoms with Crippen molar-refractivity contribution < 1.29 is 20.1 Å². The number of hydrogen-bond donors (Lipinski definition) is 0. The van der Waals surface area contributed by atoms with Crippen LogP contribution in [0.5, 0.6) is 0 Å². The second-order valence-electron chi connectivity index (χ2n) is 7.34. The zero-order valence-corrected chi connectivity index (χ0v) is 20.9. The van der Waals surface area contributed by atoms with Crippen molar-refractivity contribution in [2.45, 2.75) is 13.8 Å². The van der Waals surface area contributed by atoms with Crippen LogP contribution < -0.4 is 0 Å². The summed E-state index contributed by atoms with van der Waals surface area (Å²) in [4.78, 5) is 12.8. The molecule has 0 spiro atoms. The van der Waals surface area contributed by atoms with Crippen LogP contribution in [-0.2, 0) is 20.1 Å². The van der Waals surface area contributed by atoms with E-state index < -0.39 is 0 Å². The molecule has 0 aliphatic carbocycles. The number of rotatable bonds is 3. The van der Waals surface area contributed by atoms with E-state index in [2.05, 4.69) is 64.3 Å². The van der Waals surface area contributed by atoms with Gasteiger partial charge in [0.15, 0.2) is 0 Å². The van der Waals surface area contributed by atoms with Crippen LogP contribution >= 0.6 is 0 Å². The first-order valence-corrected chi connectivity index (χ1v) is 10.5. The topological polar surface area (TPSA) is 38.7 Å². The van der Waals surface area contributed by atoms with E-state index in [-0.39, 0.29) is 20.1 Å². The van der Waals surface area contributed by atoms with Crippen molar-refractivity contribution in [3.8, 4) is 33.8 Å². The van der Waals surface area contributed by atoms with Gasteiger partial charge >= 0.3 is 0 Å². The molecule has 0 saturated heterocycles. The molecule has 0 unspecified atom stereocenters. The summed E-state index contributed by atoms with van der Waals surface area (Å²) in [6.07, 6.45) is 5.29. The van der Waals surface area contributed by atoms with Crippen molar-refractivity contribution in [3.63, 3.8) is 0 Å². The van der Waals surface area contributed by atoms with Crippen molar-refractivity contribution in [2.75, 3.05) is 0 Å². The predicted molar refractivity (Wildman–Crippen MR) is 130 cm³/mol. The van der Waals surface area contributed by atoms with Crippen LogP contribution in [0.2, 0.25) is 0 Å². The van der Waals surface area contributed by atoms with Gasteiger partial charge in [0.2, 0.25) is 0 Å². The van der Waals surface area contributed by atoms with Crippen LogP contribution in [0.4, 0.5) is 0 Å². The molecule has 165 valence electrons. The largest absolute Gasteiger partial charge is 0.305 e. The third kappa shape index (κ3) is 6.52. The fourth-order valence-electron chi connectivity index (χ4n) is 3.29. The zero-order chi connectivity index (χ0) is 22.2. The van der Waals surface area contributed by atoms with Gasteiger partial charge in [0.25, 0.3) is 0 Å². The van der Waals surface area contributed by atoms with Gasteiger partial charge in [0, 0.05) is 38.7 Å². The fourth-order valence-corrected chi connectivity index (χ4v) is 3.29. The Morgan fingerprint density at radius 2 is 1.39 bits per heavy atom. The maximum absolute atomic E-state index is 4.32. The molecule has 3 nitrogen and oxygen atoms in total. The third-order valence-corrected chi connectivity index (χ3v) is 4.94. The van der Waals surface area contributed by atoms with Crippen molar-refractivity contribution in [2.24, 2.45) is 0 Å². The summed E-state index contributed by atoms with van der Waals surface area (Å²) in [6.45, 7) is 4.13. The molecule has 0 atom stereocenters. The minimum absolute atomic E-state index is 0. The molecule has 5 rings (SSSR count). The molecular weight excluding hydrogens is 583 g/mol. The van der Waals surface area contributed by atoms with Gasteiger partial charge in [0.1, 0.15) is 0 Å². The Balaban J connectivity index is 0.000000186. The molecule has 3 aromatic carbocycles. The van der Waals surface area contributed by atoms with Gasteiger partial charge in [-0.2, -0.15) is 0 Å². The molecule has 0 bridgehead atoms. The Morgan fingerprint density at radius 1 is 0.667 bits per heavy atom. The predicted octanol–water partition coefficient (Wildman–Crippen LogP) is 6.77. The van der Waals surface area contributed by atoms with Gasteiger partial charge in [-0.1, -0.05) is 56.3 Å². The zero-order valence-electron chi connectivity index (χ0n) is 18.5. The Labute approximate surface area is 209 Å². The third-order valence-electron chi connectivity index (χ3n) is 4.94. The van der Waals surface area contributed by atoms with Crippen LogP contribution in [-0.4, -0.2) is 15.0 Å². The molecule has 0 aliphatic heterocycles. The molecule has 0 N–H and O–H groups in total. The molecular formula is C29H23IrN3-2. The SMILES string of the molecule is Cc1[c-]c(-c2ccccn2)c(C)cc1.[Ir].[c-]1ccc(-c2ccccc2)cc1-c1ncccn1. The van der Waals surface area contributed by atoms with Gasteiger partial charge in [-0.3, -0.25) is 9.97 Å². The quantitative estimate of drug-likeness (QED) is 0.213. The van der Waals surface area contributed by atoms with E-state index >= 15 is 0 Å². The van der Waals surface area contributed by atoms with Crippen LogP contribution in [0.25, 0.3) is 33.8 Å². The second-order valence-corrected chi connectivity index (χ2v) is 7.34. The standard InChI is InChI=1S/C16H11N2.C13H12N.Ir/c1-2-6-13(7-3-1)14-8-4-9-15(12-14)16-17-10-5-11-18-16;1-10-6-7-11(2)12(9-10)13-5-3-4-8-14-13;/h1-8,10-12H;3-8H,1-2H3;/q2*-1;. The monoisotopic (exact) mass is 606 g/mol. The van der Waals surface area contributed by atoms with E-state index in [0.29, 0.717) is 5.82 Å². The molecule has 2 heterocycles.